The standard InChI is InChI=1S/C16H21NO2/c1-11(8-12-6-7-12)17-10-14-9-13-4-3-5-15(18-2)16(13)19-14/h3-5,9,11-12,17H,6-8,10H2,1-2H3. The van der Waals surface area contributed by atoms with Crippen molar-refractivity contribution in [1.29, 1.82) is 0 Å². The monoisotopic (exact) mass is 259 g/mol. The lowest BCUT2D eigenvalue weighted by Gasteiger charge is -2.11. The second-order valence-corrected chi connectivity index (χ2v) is 5.55. The molecular weight excluding hydrogens is 238 g/mol. The molecule has 3 rings (SSSR count). The lowest BCUT2D eigenvalue weighted by Crippen LogP contribution is -2.25. The number of hydrogen-bond acceptors (Lipinski definition) is 3. The molecule has 0 saturated heterocycles. The van der Waals surface area contributed by atoms with Crippen LogP contribution in [0.2, 0.25) is 0 Å². The van der Waals surface area contributed by atoms with Crippen LogP contribution in [-0.2, 0) is 6.54 Å². The van der Waals surface area contributed by atoms with Crippen molar-refractivity contribution >= 4 is 11.0 Å². The molecule has 0 amide bonds. The zero-order valence-corrected chi connectivity index (χ0v) is 11.6. The summed E-state index contributed by atoms with van der Waals surface area (Å²) in [6.07, 6.45) is 4.10. The largest absolute Gasteiger partial charge is 0.493 e. The third-order valence-electron chi connectivity index (χ3n) is 3.79. The fourth-order valence-electron chi connectivity index (χ4n) is 2.55. The van der Waals surface area contributed by atoms with Crippen molar-refractivity contribution in [2.45, 2.75) is 38.8 Å². The van der Waals surface area contributed by atoms with E-state index in [-0.39, 0.29) is 0 Å². The number of furan rings is 1. The third kappa shape index (κ3) is 2.92. The fraction of sp³-hybridized carbons (Fsp3) is 0.500. The van der Waals surface area contributed by atoms with E-state index in [1.54, 1.807) is 7.11 Å². The normalized spacial score (nSPS) is 16.7. The fourth-order valence-corrected chi connectivity index (χ4v) is 2.55. The van der Waals surface area contributed by atoms with Gasteiger partial charge in [0.05, 0.1) is 13.7 Å². The summed E-state index contributed by atoms with van der Waals surface area (Å²) in [5, 5.41) is 4.64. The first-order chi connectivity index (χ1) is 9.26. The van der Waals surface area contributed by atoms with Crippen LogP contribution in [0.5, 0.6) is 5.75 Å². The number of rotatable bonds is 6. The quantitative estimate of drug-likeness (QED) is 0.858. The van der Waals surface area contributed by atoms with Crippen LogP contribution in [0.15, 0.2) is 28.7 Å². The summed E-state index contributed by atoms with van der Waals surface area (Å²) in [6.45, 7) is 3.03. The molecule has 1 aliphatic rings. The van der Waals surface area contributed by atoms with Crippen molar-refractivity contribution in [2.75, 3.05) is 7.11 Å². The topological polar surface area (TPSA) is 34.4 Å². The van der Waals surface area contributed by atoms with E-state index < -0.39 is 0 Å². The molecule has 0 bridgehead atoms. The van der Waals surface area contributed by atoms with Crippen LogP contribution < -0.4 is 10.1 Å². The molecule has 1 heterocycles. The van der Waals surface area contributed by atoms with Crippen molar-refractivity contribution in [3.8, 4) is 5.75 Å². The molecule has 19 heavy (non-hydrogen) atoms. The van der Waals surface area contributed by atoms with Crippen molar-refractivity contribution in [3.05, 3.63) is 30.0 Å². The molecule has 0 radical (unpaired) electrons. The summed E-state index contributed by atoms with van der Waals surface area (Å²) in [7, 11) is 1.67. The minimum atomic E-state index is 0.558. The highest BCUT2D eigenvalue weighted by Gasteiger charge is 2.23. The number of hydrogen-bond donors (Lipinski definition) is 1. The number of methoxy groups -OCH3 is 1. The van der Waals surface area contributed by atoms with Crippen LogP contribution in [0.3, 0.4) is 0 Å². The van der Waals surface area contributed by atoms with Gasteiger partial charge in [-0.25, -0.2) is 0 Å². The molecule has 1 fully saturated rings. The summed E-state index contributed by atoms with van der Waals surface area (Å²) in [5.74, 6) is 2.73. The molecule has 1 N–H and O–H groups in total. The molecule has 1 unspecified atom stereocenters. The zero-order valence-electron chi connectivity index (χ0n) is 11.6. The van der Waals surface area contributed by atoms with Crippen LogP contribution in [0, 0.1) is 5.92 Å². The van der Waals surface area contributed by atoms with Gasteiger partial charge < -0.3 is 14.5 Å². The average Bonchev–Trinajstić information content (AvgIpc) is 3.12. The molecule has 0 aliphatic heterocycles. The van der Waals surface area contributed by atoms with Gasteiger partial charge in [0.2, 0.25) is 0 Å². The summed E-state index contributed by atoms with van der Waals surface area (Å²) in [5.41, 5.74) is 0.844. The molecule has 3 nitrogen and oxygen atoms in total. The maximum absolute atomic E-state index is 5.87. The van der Waals surface area contributed by atoms with E-state index >= 15 is 0 Å². The molecule has 102 valence electrons. The van der Waals surface area contributed by atoms with E-state index in [9.17, 15) is 0 Å². The number of fused-ring (bicyclic) bond motifs is 1. The Kier molecular flexibility index (Phi) is 3.47. The van der Waals surface area contributed by atoms with Crippen LogP contribution >= 0.6 is 0 Å². The molecule has 1 saturated carbocycles. The maximum atomic E-state index is 5.87. The molecule has 3 heteroatoms. The summed E-state index contributed by atoms with van der Waals surface area (Å²) < 4.78 is 11.2. The second kappa shape index (κ2) is 5.25. The minimum Gasteiger partial charge on any atom is -0.493 e. The molecule has 2 aromatic rings. The van der Waals surface area contributed by atoms with Gasteiger partial charge in [0, 0.05) is 11.4 Å². The van der Waals surface area contributed by atoms with Gasteiger partial charge in [-0.15, -0.1) is 0 Å². The van der Waals surface area contributed by atoms with Gasteiger partial charge >= 0.3 is 0 Å². The van der Waals surface area contributed by atoms with E-state index in [0.29, 0.717) is 6.04 Å². The smallest absolute Gasteiger partial charge is 0.176 e. The van der Waals surface area contributed by atoms with E-state index in [2.05, 4.69) is 24.4 Å². The van der Waals surface area contributed by atoms with Crippen LogP contribution in [0.25, 0.3) is 11.0 Å². The highest BCUT2D eigenvalue weighted by molar-refractivity contribution is 5.83. The first-order valence-corrected chi connectivity index (χ1v) is 7.05. The predicted molar refractivity (Wildman–Crippen MR) is 76.4 cm³/mol. The van der Waals surface area contributed by atoms with Gasteiger partial charge in [0.15, 0.2) is 11.3 Å². The predicted octanol–water partition coefficient (Wildman–Crippen LogP) is 3.72. The summed E-state index contributed by atoms with van der Waals surface area (Å²) >= 11 is 0. The van der Waals surface area contributed by atoms with E-state index in [0.717, 1.165) is 34.9 Å². The molecule has 1 aromatic heterocycles. The molecule has 1 aromatic carbocycles. The Labute approximate surface area is 113 Å². The maximum Gasteiger partial charge on any atom is 0.176 e. The number of ether oxygens (including phenoxy) is 1. The van der Waals surface area contributed by atoms with Crippen LogP contribution in [0.4, 0.5) is 0 Å². The lowest BCUT2D eigenvalue weighted by atomic mass is 10.1. The highest BCUT2D eigenvalue weighted by Crippen LogP contribution is 2.33. The summed E-state index contributed by atoms with van der Waals surface area (Å²) in [4.78, 5) is 0. The Morgan fingerprint density at radius 3 is 3.00 bits per heavy atom. The molecule has 1 aliphatic carbocycles. The first-order valence-electron chi connectivity index (χ1n) is 7.05. The molecular formula is C16H21NO2. The van der Waals surface area contributed by atoms with Crippen molar-refractivity contribution in [3.63, 3.8) is 0 Å². The minimum absolute atomic E-state index is 0.558. The van der Waals surface area contributed by atoms with Crippen molar-refractivity contribution in [1.82, 2.24) is 5.32 Å². The number of benzene rings is 1. The number of nitrogens with one attached hydrogen (secondary N) is 1. The first kappa shape index (κ1) is 12.5. The van der Waals surface area contributed by atoms with Crippen LogP contribution in [-0.4, -0.2) is 13.2 Å². The lowest BCUT2D eigenvalue weighted by molar-refractivity contribution is 0.402. The van der Waals surface area contributed by atoms with Crippen molar-refractivity contribution in [2.24, 2.45) is 5.92 Å². The van der Waals surface area contributed by atoms with E-state index in [1.165, 1.54) is 19.3 Å². The van der Waals surface area contributed by atoms with Gasteiger partial charge in [0.25, 0.3) is 0 Å². The Morgan fingerprint density at radius 2 is 2.26 bits per heavy atom. The summed E-state index contributed by atoms with van der Waals surface area (Å²) in [6, 6.07) is 8.62. The van der Waals surface area contributed by atoms with Gasteiger partial charge in [-0.1, -0.05) is 25.0 Å². The van der Waals surface area contributed by atoms with Gasteiger partial charge in [0.1, 0.15) is 5.76 Å². The number of para-hydroxylation sites is 1. The Bertz CT molecular complexity index is 557. The van der Waals surface area contributed by atoms with Gasteiger partial charge in [-0.05, 0) is 31.4 Å². The third-order valence-corrected chi connectivity index (χ3v) is 3.79. The Balaban J connectivity index is 1.67. The van der Waals surface area contributed by atoms with Gasteiger partial charge in [-0.2, -0.15) is 0 Å². The average molecular weight is 259 g/mol. The Hall–Kier alpha value is -1.48. The second-order valence-electron chi connectivity index (χ2n) is 5.55. The van der Waals surface area contributed by atoms with Crippen molar-refractivity contribution < 1.29 is 9.15 Å². The van der Waals surface area contributed by atoms with E-state index in [4.69, 9.17) is 9.15 Å². The van der Waals surface area contributed by atoms with E-state index in [1.807, 2.05) is 12.1 Å². The zero-order chi connectivity index (χ0) is 13.2. The highest BCUT2D eigenvalue weighted by atomic mass is 16.5. The Morgan fingerprint density at radius 1 is 1.42 bits per heavy atom. The molecule has 0 spiro atoms. The van der Waals surface area contributed by atoms with Gasteiger partial charge in [-0.3, -0.25) is 0 Å². The van der Waals surface area contributed by atoms with Crippen LogP contribution in [0.1, 0.15) is 31.9 Å². The SMILES string of the molecule is COc1cccc2cc(CNC(C)CC3CC3)oc12. The molecule has 1 atom stereocenters.